The van der Waals surface area contributed by atoms with Gasteiger partial charge in [0.05, 0.1) is 12.2 Å². The Hall–Kier alpha value is -1.39. The van der Waals surface area contributed by atoms with E-state index in [2.05, 4.69) is 31.2 Å². The number of rotatable bonds is 8. The molecule has 0 bridgehead atoms. The molecule has 2 aliphatic heterocycles. The lowest BCUT2D eigenvalue weighted by atomic mass is 10.0. The molecule has 3 rings (SSSR count). The predicted octanol–water partition coefficient (Wildman–Crippen LogP) is 3.89. The largest absolute Gasteiger partial charge is 0.378 e. The van der Waals surface area contributed by atoms with E-state index in [4.69, 9.17) is 9.47 Å². The van der Waals surface area contributed by atoms with E-state index in [1.54, 1.807) is 0 Å². The monoisotopic (exact) mass is 359 g/mol. The summed E-state index contributed by atoms with van der Waals surface area (Å²) in [7, 11) is 0. The molecule has 1 aromatic rings. The Morgan fingerprint density at radius 1 is 1.04 bits per heavy atom. The fourth-order valence-electron chi connectivity index (χ4n) is 3.85. The maximum atomic E-state index is 12.9. The Morgan fingerprint density at radius 2 is 1.77 bits per heavy atom. The van der Waals surface area contributed by atoms with Crippen molar-refractivity contribution in [1.82, 2.24) is 4.90 Å². The Labute approximate surface area is 157 Å². The molecule has 2 atom stereocenters. The smallest absolute Gasteiger partial charge is 0.222 e. The van der Waals surface area contributed by atoms with Crippen LogP contribution in [0.4, 0.5) is 0 Å². The molecule has 0 radical (unpaired) electrons. The Bertz CT molecular complexity index is 545. The maximum absolute atomic E-state index is 12.9. The fraction of sp³-hybridized carbons (Fsp3) is 0.682. The second-order valence-corrected chi connectivity index (χ2v) is 7.74. The first-order valence-corrected chi connectivity index (χ1v) is 10.3. The van der Waals surface area contributed by atoms with E-state index in [1.165, 1.54) is 17.5 Å². The molecule has 4 heteroatoms. The van der Waals surface area contributed by atoms with E-state index in [0.29, 0.717) is 6.42 Å². The summed E-state index contributed by atoms with van der Waals surface area (Å²) in [6.45, 7) is 5.29. The highest BCUT2D eigenvalue weighted by molar-refractivity contribution is 5.76. The second kappa shape index (κ2) is 10.1. The van der Waals surface area contributed by atoms with E-state index >= 15 is 0 Å². The van der Waals surface area contributed by atoms with Crippen molar-refractivity contribution in [2.24, 2.45) is 0 Å². The number of carbonyl (C=O) groups is 1. The normalized spacial score (nSPS) is 23.1. The van der Waals surface area contributed by atoms with Gasteiger partial charge >= 0.3 is 0 Å². The van der Waals surface area contributed by atoms with Crippen molar-refractivity contribution in [3.05, 3.63) is 35.4 Å². The maximum Gasteiger partial charge on any atom is 0.222 e. The van der Waals surface area contributed by atoms with Gasteiger partial charge in [-0.1, -0.05) is 29.8 Å². The van der Waals surface area contributed by atoms with Crippen LogP contribution in [0.25, 0.3) is 0 Å². The highest BCUT2D eigenvalue weighted by Gasteiger charge is 2.23. The molecule has 0 N–H and O–H groups in total. The average Bonchev–Trinajstić information content (AvgIpc) is 3.18. The Morgan fingerprint density at radius 3 is 2.46 bits per heavy atom. The lowest BCUT2D eigenvalue weighted by Crippen LogP contribution is -2.39. The standard InChI is InChI=1S/C22H33NO3/c1-18-7-9-19(10-8-18)13-14-23(17-21-6-4-16-26-21)22(24)12-11-20-5-2-3-15-25-20/h7-10,20-21H,2-6,11-17H2,1H3/t20-,21+/m0/s1. The van der Waals surface area contributed by atoms with E-state index in [1.807, 2.05) is 4.90 Å². The van der Waals surface area contributed by atoms with Gasteiger partial charge in [0.15, 0.2) is 0 Å². The zero-order valence-electron chi connectivity index (χ0n) is 16.1. The van der Waals surface area contributed by atoms with Gasteiger partial charge in [0.1, 0.15) is 0 Å². The molecule has 144 valence electrons. The molecule has 2 saturated heterocycles. The molecule has 0 unspecified atom stereocenters. The molecule has 1 aromatic carbocycles. The van der Waals surface area contributed by atoms with Crippen LogP contribution in [0.1, 0.15) is 56.1 Å². The molecule has 0 spiro atoms. The molecule has 0 saturated carbocycles. The minimum absolute atomic E-state index is 0.211. The number of benzene rings is 1. The molecule has 2 heterocycles. The second-order valence-electron chi connectivity index (χ2n) is 7.74. The topological polar surface area (TPSA) is 38.8 Å². The third-order valence-corrected chi connectivity index (χ3v) is 5.55. The van der Waals surface area contributed by atoms with Crippen LogP contribution in [-0.4, -0.2) is 49.3 Å². The SMILES string of the molecule is Cc1ccc(CCN(C[C@H]2CCCO2)C(=O)CC[C@@H]2CCCCO2)cc1. The number of amides is 1. The van der Waals surface area contributed by atoms with Crippen LogP contribution in [0.2, 0.25) is 0 Å². The minimum atomic E-state index is 0.211. The summed E-state index contributed by atoms with van der Waals surface area (Å²) in [5, 5.41) is 0. The first kappa shape index (κ1) is 19.4. The number of aryl methyl sites for hydroxylation is 1. The van der Waals surface area contributed by atoms with Gasteiger partial charge < -0.3 is 14.4 Å². The van der Waals surface area contributed by atoms with Crippen LogP contribution >= 0.6 is 0 Å². The molecule has 0 aliphatic carbocycles. The van der Waals surface area contributed by atoms with Crippen LogP contribution in [-0.2, 0) is 20.7 Å². The highest BCUT2D eigenvalue weighted by Crippen LogP contribution is 2.19. The number of nitrogens with zero attached hydrogens (tertiary/aromatic N) is 1. The Balaban J connectivity index is 1.52. The van der Waals surface area contributed by atoms with Gasteiger partial charge in [0.25, 0.3) is 0 Å². The summed E-state index contributed by atoms with van der Waals surface area (Å²) >= 11 is 0. The van der Waals surface area contributed by atoms with Gasteiger partial charge in [-0.25, -0.2) is 0 Å². The molecule has 4 nitrogen and oxygen atoms in total. The van der Waals surface area contributed by atoms with Gasteiger partial charge in [-0.3, -0.25) is 4.79 Å². The van der Waals surface area contributed by atoms with Crippen molar-refractivity contribution in [1.29, 1.82) is 0 Å². The first-order valence-electron chi connectivity index (χ1n) is 10.3. The summed E-state index contributed by atoms with van der Waals surface area (Å²) in [5.41, 5.74) is 2.56. The van der Waals surface area contributed by atoms with Crippen molar-refractivity contribution in [3.63, 3.8) is 0 Å². The average molecular weight is 360 g/mol. The molecular weight excluding hydrogens is 326 g/mol. The van der Waals surface area contributed by atoms with Gasteiger partial charge in [0.2, 0.25) is 5.91 Å². The summed E-state index contributed by atoms with van der Waals surface area (Å²) in [6.07, 6.45) is 8.49. The number of hydrogen-bond donors (Lipinski definition) is 0. The summed E-state index contributed by atoms with van der Waals surface area (Å²) in [6, 6.07) is 8.61. The van der Waals surface area contributed by atoms with Crippen LogP contribution in [0, 0.1) is 6.92 Å². The van der Waals surface area contributed by atoms with Crippen molar-refractivity contribution in [2.45, 2.75) is 70.5 Å². The zero-order valence-corrected chi connectivity index (χ0v) is 16.1. The van der Waals surface area contributed by atoms with Gasteiger partial charge in [-0.15, -0.1) is 0 Å². The molecule has 2 fully saturated rings. The molecule has 1 amide bonds. The van der Waals surface area contributed by atoms with Crippen molar-refractivity contribution in [3.8, 4) is 0 Å². The fourth-order valence-corrected chi connectivity index (χ4v) is 3.85. The van der Waals surface area contributed by atoms with E-state index in [9.17, 15) is 4.79 Å². The quantitative estimate of drug-likeness (QED) is 0.707. The van der Waals surface area contributed by atoms with Gasteiger partial charge in [-0.05, 0) is 57.4 Å². The summed E-state index contributed by atoms with van der Waals surface area (Å²) in [4.78, 5) is 14.9. The summed E-state index contributed by atoms with van der Waals surface area (Å²) in [5.74, 6) is 0.252. The lowest BCUT2D eigenvalue weighted by Gasteiger charge is -2.27. The van der Waals surface area contributed by atoms with Gasteiger partial charge in [0, 0.05) is 32.7 Å². The van der Waals surface area contributed by atoms with Crippen molar-refractivity contribution < 1.29 is 14.3 Å². The van der Waals surface area contributed by atoms with Crippen LogP contribution in [0.15, 0.2) is 24.3 Å². The number of hydrogen-bond acceptors (Lipinski definition) is 3. The van der Waals surface area contributed by atoms with Crippen LogP contribution in [0.3, 0.4) is 0 Å². The predicted molar refractivity (Wildman–Crippen MR) is 103 cm³/mol. The number of carbonyl (C=O) groups excluding carboxylic acids is 1. The minimum Gasteiger partial charge on any atom is -0.378 e. The summed E-state index contributed by atoms with van der Waals surface area (Å²) < 4.78 is 11.6. The first-order chi connectivity index (χ1) is 12.7. The third-order valence-electron chi connectivity index (χ3n) is 5.55. The van der Waals surface area contributed by atoms with E-state index in [0.717, 1.165) is 64.8 Å². The third kappa shape index (κ3) is 6.10. The highest BCUT2D eigenvalue weighted by atomic mass is 16.5. The zero-order chi connectivity index (χ0) is 18.2. The lowest BCUT2D eigenvalue weighted by molar-refractivity contribution is -0.133. The molecule has 0 aromatic heterocycles. The molecule has 26 heavy (non-hydrogen) atoms. The molecular formula is C22H33NO3. The van der Waals surface area contributed by atoms with E-state index < -0.39 is 0 Å². The molecule has 2 aliphatic rings. The van der Waals surface area contributed by atoms with Crippen LogP contribution in [0.5, 0.6) is 0 Å². The van der Waals surface area contributed by atoms with Crippen molar-refractivity contribution in [2.75, 3.05) is 26.3 Å². The van der Waals surface area contributed by atoms with Gasteiger partial charge in [-0.2, -0.15) is 0 Å². The number of ether oxygens (including phenoxy) is 2. The van der Waals surface area contributed by atoms with E-state index in [-0.39, 0.29) is 18.1 Å². The Kier molecular flexibility index (Phi) is 7.51. The van der Waals surface area contributed by atoms with Crippen molar-refractivity contribution >= 4 is 5.91 Å². The van der Waals surface area contributed by atoms with Crippen LogP contribution < -0.4 is 0 Å².